The molecule has 0 aliphatic carbocycles. The van der Waals surface area contributed by atoms with Crippen LogP contribution in [0.4, 0.5) is 0 Å². The molecule has 0 fully saturated rings. The van der Waals surface area contributed by atoms with Crippen LogP contribution in [0.15, 0.2) is 18.2 Å². The lowest BCUT2D eigenvalue weighted by molar-refractivity contribution is 1.00. The molecule has 68 valence electrons. The summed E-state index contributed by atoms with van der Waals surface area (Å²) in [5.41, 5.74) is 2.66. The van der Waals surface area contributed by atoms with Gasteiger partial charge in [0.2, 0.25) is 0 Å². The first-order valence-corrected chi connectivity index (χ1v) is 5.50. The van der Waals surface area contributed by atoms with E-state index < -0.39 is 0 Å². The zero-order valence-electron chi connectivity index (χ0n) is 7.68. The van der Waals surface area contributed by atoms with E-state index in [1.165, 1.54) is 14.7 Å². The van der Waals surface area contributed by atoms with Gasteiger partial charge >= 0.3 is 0 Å². The Morgan fingerprint density at radius 2 is 2.23 bits per heavy atom. The Hall–Kier alpha value is -0.560. The minimum absolute atomic E-state index is 0.613. The molecule has 1 nitrogen and oxygen atoms in total. The molecule has 2 heteroatoms. The van der Waals surface area contributed by atoms with Crippen LogP contribution in [0.2, 0.25) is 0 Å². The van der Waals surface area contributed by atoms with E-state index in [1.54, 1.807) is 0 Å². The molecule has 1 aromatic carbocycles. The second-order valence-electron chi connectivity index (χ2n) is 2.94. The lowest BCUT2D eigenvalue weighted by atomic mass is 10.1. The van der Waals surface area contributed by atoms with Crippen molar-refractivity contribution in [1.29, 1.82) is 5.26 Å². The van der Waals surface area contributed by atoms with Gasteiger partial charge in [-0.15, -0.1) is 0 Å². The summed E-state index contributed by atoms with van der Waals surface area (Å²) < 4.78 is 1.32. The maximum atomic E-state index is 8.45. The maximum absolute atomic E-state index is 8.45. The van der Waals surface area contributed by atoms with Crippen LogP contribution in [0.5, 0.6) is 0 Å². The van der Waals surface area contributed by atoms with Crippen molar-refractivity contribution in [2.24, 2.45) is 0 Å². The Labute approximate surface area is 92.9 Å². The van der Waals surface area contributed by atoms with Crippen molar-refractivity contribution in [3.05, 3.63) is 32.9 Å². The van der Waals surface area contributed by atoms with Gasteiger partial charge in [0.05, 0.1) is 6.07 Å². The second kappa shape index (κ2) is 5.23. The topological polar surface area (TPSA) is 23.8 Å². The van der Waals surface area contributed by atoms with Crippen LogP contribution in [-0.2, 0) is 12.8 Å². The fourth-order valence-electron chi connectivity index (χ4n) is 1.23. The summed E-state index contributed by atoms with van der Waals surface area (Å²) in [6, 6.07) is 8.62. The summed E-state index contributed by atoms with van der Waals surface area (Å²) in [5, 5.41) is 8.45. The van der Waals surface area contributed by atoms with Gasteiger partial charge in [0, 0.05) is 9.99 Å². The van der Waals surface area contributed by atoms with Crippen molar-refractivity contribution in [2.75, 3.05) is 0 Å². The molecule has 0 N–H and O–H groups in total. The number of hydrogen-bond donors (Lipinski definition) is 0. The van der Waals surface area contributed by atoms with Crippen LogP contribution in [0.25, 0.3) is 0 Å². The van der Waals surface area contributed by atoms with Gasteiger partial charge < -0.3 is 0 Å². The molecule has 0 aliphatic heterocycles. The van der Waals surface area contributed by atoms with Crippen LogP contribution < -0.4 is 0 Å². The van der Waals surface area contributed by atoms with Crippen LogP contribution >= 0.6 is 22.6 Å². The largest absolute Gasteiger partial charge is 0.198 e. The molecule has 0 aliphatic rings. The van der Waals surface area contributed by atoms with Gasteiger partial charge in [-0.25, -0.2) is 0 Å². The standard InChI is InChI=1S/C11H12IN/c1-2-10-6-5-9(4-3-7-13)8-11(10)12/h5-6,8H,2-4H2,1H3. The molecule has 0 amide bonds. The minimum atomic E-state index is 0.613. The summed E-state index contributed by atoms with van der Waals surface area (Å²) in [6.45, 7) is 2.16. The number of hydrogen-bond acceptors (Lipinski definition) is 1. The van der Waals surface area contributed by atoms with Crippen molar-refractivity contribution >= 4 is 22.6 Å². The molecule has 0 bridgehead atoms. The summed E-state index contributed by atoms with van der Waals surface area (Å²) in [5.74, 6) is 0. The normalized spacial score (nSPS) is 9.62. The third kappa shape index (κ3) is 3.00. The van der Waals surface area contributed by atoms with Gasteiger partial charge in [0.15, 0.2) is 0 Å². The van der Waals surface area contributed by atoms with Crippen molar-refractivity contribution < 1.29 is 0 Å². The minimum Gasteiger partial charge on any atom is -0.198 e. The molecule has 1 aromatic rings. The Bertz CT molecular complexity index is 325. The van der Waals surface area contributed by atoms with Crippen LogP contribution in [0.3, 0.4) is 0 Å². The highest BCUT2D eigenvalue weighted by Gasteiger charge is 1.98. The molecule has 0 unspecified atom stereocenters. The van der Waals surface area contributed by atoms with E-state index in [-0.39, 0.29) is 0 Å². The average molecular weight is 285 g/mol. The first-order valence-electron chi connectivity index (χ1n) is 4.42. The van der Waals surface area contributed by atoms with E-state index in [0.29, 0.717) is 6.42 Å². The Morgan fingerprint density at radius 3 is 2.77 bits per heavy atom. The molecule has 1 rings (SSSR count). The lowest BCUT2D eigenvalue weighted by Crippen LogP contribution is -1.90. The van der Waals surface area contributed by atoms with Gasteiger partial charge in [-0.1, -0.05) is 19.1 Å². The smallest absolute Gasteiger partial charge is 0.0625 e. The molecule has 0 aromatic heterocycles. The molecule has 0 spiro atoms. The van der Waals surface area contributed by atoms with Crippen LogP contribution in [-0.4, -0.2) is 0 Å². The highest BCUT2D eigenvalue weighted by molar-refractivity contribution is 14.1. The number of nitrogens with zero attached hydrogens (tertiary/aromatic N) is 1. The SMILES string of the molecule is CCc1ccc(CCC#N)cc1I. The number of nitriles is 1. The van der Waals surface area contributed by atoms with Crippen LogP contribution in [0.1, 0.15) is 24.5 Å². The van der Waals surface area contributed by atoms with E-state index in [1.807, 2.05) is 0 Å². The highest BCUT2D eigenvalue weighted by Crippen LogP contribution is 2.16. The van der Waals surface area contributed by atoms with E-state index in [0.717, 1.165) is 12.8 Å². The predicted octanol–water partition coefficient (Wildman–Crippen LogP) is 3.31. The molecule has 0 heterocycles. The van der Waals surface area contributed by atoms with Gasteiger partial charge in [-0.3, -0.25) is 0 Å². The van der Waals surface area contributed by atoms with E-state index in [9.17, 15) is 0 Å². The fourth-order valence-corrected chi connectivity index (χ4v) is 2.19. The van der Waals surface area contributed by atoms with Gasteiger partial charge in [0.1, 0.15) is 0 Å². The van der Waals surface area contributed by atoms with Crippen LogP contribution in [0, 0.1) is 14.9 Å². The molecule has 0 atom stereocenters. The van der Waals surface area contributed by atoms with Crippen molar-refractivity contribution in [2.45, 2.75) is 26.2 Å². The maximum Gasteiger partial charge on any atom is 0.0625 e. The highest BCUT2D eigenvalue weighted by atomic mass is 127. The number of halogens is 1. The Balaban J connectivity index is 2.78. The van der Waals surface area contributed by atoms with E-state index >= 15 is 0 Å². The second-order valence-corrected chi connectivity index (χ2v) is 4.10. The summed E-state index contributed by atoms with van der Waals surface area (Å²) >= 11 is 2.35. The van der Waals surface area contributed by atoms with Gasteiger partial charge in [-0.05, 0) is 52.6 Å². The molecule has 0 saturated carbocycles. The quantitative estimate of drug-likeness (QED) is 0.782. The number of benzene rings is 1. The number of rotatable bonds is 3. The first-order chi connectivity index (χ1) is 6.27. The third-order valence-electron chi connectivity index (χ3n) is 2.02. The number of aryl methyl sites for hydroxylation is 2. The monoisotopic (exact) mass is 285 g/mol. The van der Waals surface area contributed by atoms with Crippen molar-refractivity contribution in [1.82, 2.24) is 0 Å². The molecular weight excluding hydrogens is 273 g/mol. The zero-order chi connectivity index (χ0) is 9.68. The van der Waals surface area contributed by atoms with Gasteiger partial charge in [0.25, 0.3) is 0 Å². The lowest BCUT2D eigenvalue weighted by Gasteiger charge is -2.03. The van der Waals surface area contributed by atoms with E-state index in [2.05, 4.69) is 53.8 Å². The molecule has 0 radical (unpaired) electrons. The van der Waals surface area contributed by atoms with Gasteiger partial charge in [-0.2, -0.15) is 5.26 Å². The summed E-state index contributed by atoms with van der Waals surface area (Å²) in [4.78, 5) is 0. The predicted molar refractivity (Wildman–Crippen MR) is 62.5 cm³/mol. The average Bonchev–Trinajstić information content (AvgIpc) is 2.15. The Morgan fingerprint density at radius 1 is 1.46 bits per heavy atom. The summed E-state index contributed by atoms with van der Waals surface area (Å²) in [7, 11) is 0. The molecule has 0 saturated heterocycles. The van der Waals surface area contributed by atoms with Crippen molar-refractivity contribution in [3.8, 4) is 6.07 Å². The Kier molecular flexibility index (Phi) is 4.23. The fraction of sp³-hybridized carbons (Fsp3) is 0.364. The molecular formula is C11H12IN. The van der Waals surface area contributed by atoms with Crippen molar-refractivity contribution in [3.63, 3.8) is 0 Å². The molecule has 13 heavy (non-hydrogen) atoms. The van der Waals surface area contributed by atoms with E-state index in [4.69, 9.17) is 5.26 Å². The first kappa shape index (κ1) is 10.5. The summed E-state index contributed by atoms with van der Waals surface area (Å²) in [6.07, 6.45) is 2.56. The third-order valence-corrected chi connectivity index (χ3v) is 3.03. The zero-order valence-corrected chi connectivity index (χ0v) is 9.84.